The van der Waals surface area contributed by atoms with E-state index in [4.69, 9.17) is 0 Å². The molecule has 2 aliphatic heterocycles. The molecule has 0 radical (unpaired) electrons. The molecular formula is C26H35ClN4O3S. The first-order chi connectivity index (χ1) is 16.4. The SMILES string of the molecule is CN(CCc1ccc(C2=NCCN2)cc1)C(=O)CCC1CCCCN1S(=O)(=O)c1ccccc1.Cl. The quantitative estimate of drug-likeness (QED) is 0.551. The monoisotopic (exact) mass is 518 g/mol. The van der Waals surface area contributed by atoms with E-state index >= 15 is 0 Å². The van der Waals surface area contributed by atoms with Crippen LogP contribution in [0.5, 0.6) is 0 Å². The third kappa shape index (κ3) is 6.84. The van der Waals surface area contributed by atoms with Crippen LogP contribution in [-0.2, 0) is 21.2 Å². The van der Waals surface area contributed by atoms with Gasteiger partial charge in [-0.25, -0.2) is 8.42 Å². The van der Waals surface area contributed by atoms with Gasteiger partial charge in [-0.1, -0.05) is 48.9 Å². The summed E-state index contributed by atoms with van der Waals surface area (Å²) >= 11 is 0. The zero-order chi connectivity index (χ0) is 24.0. The van der Waals surface area contributed by atoms with Crippen molar-refractivity contribution in [2.24, 2.45) is 4.99 Å². The Hall–Kier alpha value is -2.42. The van der Waals surface area contributed by atoms with Crippen molar-refractivity contribution >= 4 is 34.2 Å². The van der Waals surface area contributed by atoms with E-state index in [9.17, 15) is 13.2 Å². The van der Waals surface area contributed by atoms with Gasteiger partial charge in [0.15, 0.2) is 0 Å². The molecule has 0 saturated carbocycles. The van der Waals surface area contributed by atoms with E-state index in [2.05, 4.69) is 34.6 Å². The first-order valence-electron chi connectivity index (χ1n) is 12.1. The van der Waals surface area contributed by atoms with Crippen LogP contribution in [0.25, 0.3) is 0 Å². The molecule has 190 valence electrons. The summed E-state index contributed by atoms with van der Waals surface area (Å²) in [6.45, 7) is 2.86. The highest BCUT2D eigenvalue weighted by Crippen LogP contribution is 2.28. The molecular weight excluding hydrogens is 484 g/mol. The Kier molecular flexibility index (Phi) is 9.71. The van der Waals surface area contributed by atoms with E-state index in [0.29, 0.717) is 30.8 Å². The number of aliphatic imine (C=N–C) groups is 1. The zero-order valence-corrected chi connectivity index (χ0v) is 21.9. The molecule has 0 bridgehead atoms. The van der Waals surface area contributed by atoms with E-state index in [0.717, 1.165) is 50.2 Å². The highest BCUT2D eigenvalue weighted by Gasteiger charge is 2.33. The molecule has 1 saturated heterocycles. The van der Waals surface area contributed by atoms with Crippen molar-refractivity contribution in [3.05, 3.63) is 65.7 Å². The van der Waals surface area contributed by atoms with Crippen molar-refractivity contribution in [3.63, 3.8) is 0 Å². The fourth-order valence-corrected chi connectivity index (χ4v) is 6.37. The summed E-state index contributed by atoms with van der Waals surface area (Å²) in [5, 5.41) is 3.28. The molecule has 2 heterocycles. The zero-order valence-electron chi connectivity index (χ0n) is 20.2. The summed E-state index contributed by atoms with van der Waals surface area (Å²) in [5.74, 6) is 1.01. The molecule has 2 aromatic rings. The lowest BCUT2D eigenvalue weighted by molar-refractivity contribution is -0.130. The van der Waals surface area contributed by atoms with Crippen molar-refractivity contribution in [2.75, 3.05) is 33.2 Å². The molecule has 0 aromatic heterocycles. The molecule has 4 rings (SSSR count). The number of halogens is 1. The number of amides is 1. The summed E-state index contributed by atoms with van der Waals surface area (Å²) in [6.07, 6.45) is 4.34. The molecule has 9 heteroatoms. The van der Waals surface area contributed by atoms with Crippen molar-refractivity contribution in [3.8, 4) is 0 Å². The minimum atomic E-state index is -3.54. The largest absolute Gasteiger partial charge is 0.368 e. The van der Waals surface area contributed by atoms with E-state index < -0.39 is 10.0 Å². The molecule has 1 unspecified atom stereocenters. The van der Waals surface area contributed by atoms with Crippen LogP contribution >= 0.6 is 12.4 Å². The number of hydrogen-bond acceptors (Lipinski definition) is 5. The molecule has 1 atom stereocenters. The highest BCUT2D eigenvalue weighted by molar-refractivity contribution is 7.89. The van der Waals surface area contributed by atoms with Gasteiger partial charge in [0.05, 0.1) is 11.4 Å². The number of nitrogens with one attached hydrogen (secondary N) is 1. The van der Waals surface area contributed by atoms with Crippen molar-refractivity contribution in [1.82, 2.24) is 14.5 Å². The van der Waals surface area contributed by atoms with Crippen LogP contribution in [0.2, 0.25) is 0 Å². The summed E-state index contributed by atoms with van der Waals surface area (Å²) in [6, 6.07) is 16.8. The lowest BCUT2D eigenvalue weighted by Crippen LogP contribution is -2.44. The Bertz CT molecular complexity index is 1110. The van der Waals surface area contributed by atoms with Crippen LogP contribution in [0, 0.1) is 0 Å². The smallest absolute Gasteiger partial charge is 0.243 e. The predicted octanol–water partition coefficient (Wildman–Crippen LogP) is 3.48. The molecule has 2 aromatic carbocycles. The van der Waals surface area contributed by atoms with Gasteiger partial charge in [-0.3, -0.25) is 9.79 Å². The lowest BCUT2D eigenvalue weighted by Gasteiger charge is -2.35. The highest BCUT2D eigenvalue weighted by atomic mass is 35.5. The van der Waals surface area contributed by atoms with Crippen LogP contribution in [-0.4, -0.2) is 68.6 Å². The summed E-state index contributed by atoms with van der Waals surface area (Å²) in [4.78, 5) is 19.3. The number of nitrogens with zero attached hydrogens (tertiary/aromatic N) is 3. The fraction of sp³-hybridized carbons (Fsp3) is 0.462. The fourth-order valence-electron chi connectivity index (χ4n) is 4.63. The number of carbonyl (C=O) groups is 1. The van der Waals surface area contributed by atoms with Gasteiger partial charge >= 0.3 is 0 Å². The van der Waals surface area contributed by atoms with Gasteiger partial charge in [0.2, 0.25) is 15.9 Å². The maximum absolute atomic E-state index is 13.2. The molecule has 0 aliphatic carbocycles. The Labute approximate surface area is 215 Å². The van der Waals surface area contributed by atoms with E-state index in [1.165, 1.54) is 5.56 Å². The maximum atomic E-state index is 13.2. The Morgan fingerprint density at radius 1 is 1.11 bits per heavy atom. The third-order valence-corrected chi connectivity index (χ3v) is 8.64. The predicted molar refractivity (Wildman–Crippen MR) is 142 cm³/mol. The number of piperidine rings is 1. The van der Waals surface area contributed by atoms with Gasteiger partial charge in [0, 0.05) is 44.7 Å². The normalized spacial score (nSPS) is 18.3. The van der Waals surface area contributed by atoms with Gasteiger partial charge in [-0.2, -0.15) is 4.31 Å². The second-order valence-corrected chi connectivity index (χ2v) is 10.9. The maximum Gasteiger partial charge on any atom is 0.243 e. The van der Waals surface area contributed by atoms with Gasteiger partial charge in [-0.15, -0.1) is 12.4 Å². The molecule has 35 heavy (non-hydrogen) atoms. The number of amidine groups is 1. The summed E-state index contributed by atoms with van der Waals surface area (Å²) in [5.41, 5.74) is 2.27. The Balaban J connectivity index is 0.00000342. The van der Waals surface area contributed by atoms with Crippen LogP contribution < -0.4 is 5.32 Å². The minimum Gasteiger partial charge on any atom is -0.368 e. The Morgan fingerprint density at radius 2 is 1.86 bits per heavy atom. The van der Waals surface area contributed by atoms with Crippen molar-refractivity contribution < 1.29 is 13.2 Å². The molecule has 1 N–H and O–H groups in total. The summed E-state index contributed by atoms with van der Waals surface area (Å²) < 4.78 is 27.9. The van der Waals surface area contributed by atoms with Crippen LogP contribution in [0.1, 0.15) is 43.2 Å². The van der Waals surface area contributed by atoms with Gasteiger partial charge < -0.3 is 10.2 Å². The average Bonchev–Trinajstić information content (AvgIpc) is 3.42. The van der Waals surface area contributed by atoms with Gasteiger partial charge in [0.25, 0.3) is 0 Å². The number of hydrogen-bond donors (Lipinski definition) is 1. The van der Waals surface area contributed by atoms with Crippen LogP contribution in [0.15, 0.2) is 64.5 Å². The van der Waals surface area contributed by atoms with Crippen molar-refractivity contribution in [1.29, 1.82) is 0 Å². The van der Waals surface area contributed by atoms with Crippen molar-refractivity contribution in [2.45, 2.75) is 49.5 Å². The standard InChI is InChI=1S/C26H34N4O3S.ClH/c1-29(20-16-21-10-12-22(13-11-21)26-27-17-18-28-26)25(31)15-14-23-7-5-6-19-30(23)34(32,33)24-8-3-2-4-9-24;/h2-4,8-13,23H,5-7,14-20H2,1H3,(H,27,28);1H. The van der Waals surface area contributed by atoms with Gasteiger partial charge in [-0.05, 0) is 43.4 Å². The molecule has 2 aliphatic rings. The lowest BCUT2D eigenvalue weighted by atomic mass is 10.00. The Morgan fingerprint density at radius 3 is 2.54 bits per heavy atom. The minimum absolute atomic E-state index is 0. The molecule has 7 nitrogen and oxygen atoms in total. The second kappa shape index (κ2) is 12.5. The number of benzene rings is 2. The average molecular weight is 519 g/mol. The first kappa shape index (κ1) is 27.2. The number of carbonyl (C=O) groups excluding carboxylic acids is 1. The number of rotatable bonds is 9. The van der Waals surface area contributed by atoms with Gasteiger partial charge in [0.1, 0.15) is 5.84 Å². The van der Waals surface area contributed by atoms with Crippen LogP contribution in [0.4, 0.5) is 0 Å². The van der Waals surface area contributed by atoms with E-state index in [-0.39, 0.29) is 24.4 Å². The first-order valence-corrected chi connectivity index (χ1v) is 13.6. The summed E-state index contributed by atoms with van der Waals surface area (Å²) in [7, 11) is -1.71. The molecule has 0 spiro atoms. The topological polar surface area (TPSA) is 82.1 Å². The number of likely N-dealkylation sites (N-methyl/N-ethyl adjacent to an activating group) is 1. The van der Waals surface area contributed by atoms with Crippen LogP contribution in [0.3, 0.4) is 0 Å². The number of sulfonamides is 1. The van der Waals surface area contributed by atoms with E-state index in [1.807, 2.05) is 13.1 Å². The third-order valence-electron chi connectivity index (χ3n) is 6.68. The second-order valence-electron chi connectivity index (χ2n) is 9.04. The molecule has 1 amide bonds. The molecule has 1 fully saturated rings. The van der Waals surface area contributed by atoms with E-state index in [1.54, 1.807) is 33.5 Å².